The van der Waals surface area contributed by atoms with Crippen molar-refractivity contribution in [1.29, 1.82) is 0 Å². The summed E-state index contributed by atoms with van der Waals surface area (Å²) in [7, 11) is 0. The van der Waals surface area contributed by atoms with E-state index in [2.05, 4.69) is 24.5 Å². The van der Waals surface area contributed by atoms with E-state index in [-0.39, 0.29) is 17.6 Å². The molecule has 0 saturated carbocycles. The predicted molar refractivity (Wildman–Crippen MR) is 81.8 cm³/mol. The number of hydrogen-bond donors (Lipinski definition) is 2. The van der Waals surface area contributed by atoms with Gasteiger partial charge in [-0.15, -0.1) is 0 Å². The third kappa shape index (κ3) is 2.09. The van der Waals surface area contributed by atoms with Crippen LogP contribution in [0.2, 0.25) is 0 Å². The van der Waals surface area contributed by atoms with Crippen molar-refractivity contribution in [1.82, 2.24) is 4.57 Å². The van der Waals surface area contributed by atoms with Gasteiger partial charge in [0.15, 0.2) is 0 Å². The highest BCUT2D eigenvalue weighted by Gasteiger charge is 2.33. The summed E-state index contributed by atoms with van der Waals surface area (Å²) >= 11 is 0. The van der Waals surface area contributed by atoms with Gasteiger partial charge in [0.25, 0.3) is 0 Å². The number of hydrogen-bond acceptors (Lipinski definition) is 2. The molecule has 2 N–H and O–H groups in total. The molecule has 4 nitrogen and oxygen atoms in total. The molecule has 21 heavy (non-hydrogen) atoms. The van der Waals surface area contributed by atoms with E-state index in [4.69, 9.17) is 0 Å². The van der Waals surface area contributed by atoms with Crippen molar-refractivity contribution in [3.63, 3.8) is 0 Å². The maximum absolute atomic E-state index is 11.3. The molecule has 0 bridgehead atoms. The van der Waals surface area contributed by atoms with Gasteiger partial charge in [0, 0.05) is 29.6 Å². The van der Waals surface area contributed by atoms with Gasteiger partial charge in [-0.2, -0.15) is 0 Å². The standard InChI is InChI=1S/C17H21NO3/c1-9(2)13-6-11(19)7-15-14(13)8-16-12(4-5-18(15)16)10(3)17(20)21/h6-10,12,19H,4-5H2,1-3H3,(H,20,21). The largest absolute Gasteiger partial charge is 0.508 e. The van der Waals surface area contributed by atoms with Gasteiger partial charge in [0.2, 0.25) is 0 Å². The molecular formula is C17H21NO3. The van der Waals surface area contributed by atoms with E-state index in [9.17, 15) is 15.0 Å². The zero-order chi connectivity index (χ0) is 15.3. The van der Waals surface area contributed by atoms with E-state index >= 15 is 0 Å². The average molecular weight is 287 g/mol. The van der Waals surface area contributed by atoms with Crippen LogP contribution in [0, 0.1) is 5.92 Å². The molecule has 2 heterocycles. The number of aliphatic carboxylic acids is 1. The number of carboxylic acid groups (broad SMARTS) is 1. The van der Waals surface area contributed by atoms with Crippen molar-refractivity contribution >= 4 is 16.9 Å². The van der Waals surface area contributed by atoms with E-state index in [1.165, 1.54) is 0 Å². The Kier molecular flexibility index (Phi) is 3.19. The lowest BCUT2D eigenvalue weighted by atomic mass is 9.89. The number of nitrogens with zero attached hydrogens (tertiary/aromatic N) is 1. The van der Waals surface area contributed by atoms with Crippen molar-refractivity contribution < 1.29 is 15.0 Å². The maximum atomic E-state index is 11.3. The van der Waals surface area contributed by atoms with Crippen LogP contribution >= 0.6 is 0 Å². The first-order valence-electron chi connectivity index (χ1n) is 7.49. The highest BCUT2D eigenvalue weighted by molar-refractivity contribution is 5.87. The van der Waals surface area contributed by atoms with Gasteiger partial charge < -0.3 is 14.8 Å². The minimum Gasteiger partial charge on any atom is -0.508 e. The number of phenolic OH excluding ortho intramolecular Hbond substituents is 1. The molecule has 2 unspecified atom stereocenters. The Bertz CT molecular complexity index is 714. The Labute approximate surface area is 124 Å². The van der Waals surface area contributed by atoms with Gasteiger partial charge in [-0.25, -0.2) is 0 Å². The number of fused-ring (bicyclic) bond motifs is 3. The number of carboxylic acids is 1. The maximum Gasteiger partial charge on any atom is 0.306 e. The Hall–Kier alpha value is -1.97. The fourth-order valence-corrected chi connectivity index (χ4v) is 3.52. The summed E-state index contributed by atoms with van der Waals surface area (Å²) in [5.74, 6) is -0.478. The first kappa shape index (κ1) is 14.0. The minimum absolute atomic E-state index is 0.0528. The topological polar surface area (TPSA) is 62.5 Å². The van der Waals surface area contributed by atoms with Crippen LogP contribution in [0.5, 0.6) is 5.75 Å². The van der Waals surface area contributed by atoms with Crippen molar-refractivity contribution in [2.24, 2.45) is 5.92 Å². The second kappa shape index (κ2) is 4.79. The summed E-state index contributed by atoms with van der Waals surface area (Å²) in [4.78, 5) is 11.3. The molecule has 0 radical (unpaired) electrons. The first-order chi connectivity index (χ1) is 9.90. The van der Waals surface area contributed by atoms with E-state index in [0.717, 1.165) is 35.1 Å². The predicted octanol–water partition coefficient (Wildman–Crippen LogP) is 3.68. The molecule has 0 spiro atoms. The number of phenols is 1. The number of rotatable bonds is 3. The lowest BCUT2D eigenvalue weighted by molar-refractivity contribution is -0.141. The quantitative estimate of drug-likeness (QED) is 0.905. The molecule has 2 atom stereocenters. The fraction of sp³-hybridized carbons (Fsp3) is 0.471. The van der Waals surface area contributed by atoms with Crippen LogP contribution < -0.4 is 0 Å². The smallest absolute Gasteiger partial charge is 0.306 e. The van der Waals surface area contributed by atoms with Gasteiger partial charge >= 0.3 is 5.97 Å². The zero-order valence-corrected chi connectivity index (χ0v) is 12.6. The molecule has 0 saturated heterocycles. The number of aromatic hydroxyl groups is 1. The monoisotopic (exact) mass is 287 g/mol. The number of aryl methyl sites for hydroxylation is 1. The van der Waals surface area contributed by atoms with Crippen molar-refractivity contribution in [3.8, 4) is 5.75 Å². The Balaban J connectivity index is 2.19. The van der Waals surface area contributed by atoms with Crippen LogP contribution in [0.15, 0.2) is 18.2 Å². The van der Waals surface area contributed by atoms with E-state index in [1.54, 1.807) is 13.0 Å². The Morgan fingerprint density at radius 2 is 2.00 bits per heavy atom. The lowest BCUT2D eigenvalue weighted by Crippen LogP contribution is -2.17. The SMILES string of the molecule is CC(C)c1cc(O)cc2c1cc1n2CCC1C(C)C(=O)O. The van der Waals surface area contributed by atoms with Crippen LogP contribution in [0.1, 0.15) is 50.3 Å². The molecular weight excluding hydrogens is 266 g/mol. The van der Waals surface area contributed by atoms with Gasteiger partial charge in [-0.3, -0.25) is 4.79 Å². The van der Waals surface area contributed by atoms with E-state index in [0.29, 0.717) is 5.92 Å². The number of aromatic nitrogens is 1. The molecule has 1 aliphatic heterocycles. The molecule has 1 aliphatic rings. The molecule has 2 aromatic rings. The summed E-state index contributed by atoms with van der Waals surface area (Å²) in [6, 6.07) is 5.73. The number of benzene rings is 1. The van der Waals surface area contributed by atoms with Gasteiger partial charge in [0.1, 0.15) is 5.75 Å². The van der Waals surface area contributed by atoms with Crippen molar-refractivity contribution in [3.05, 3.63) is 29.5 Å². The van der Waals surface area contributed by atoms with Crippen molar-refractivity contribution in [2.75, 3.05) is 0 Å². The molecule has 1 aromatic heterocycles. The summed E-state index contributed by atoms with van der Waals surface area (Å²) in [5.41, 5.74) is 3.23. The normalized spacial score (nSPS) is 19.1. The van der Waals surface area contributed by atoms with Gasteiger partial charge in [-0.05, 0) is 30.0 Å². The molecule has 112 valence electrons. The summed E-state index contributed by atoms with van der Waals surface area (Å²) in [6.07, 6.45) is 0.853. The third-order valence-electron chi connectivity index (χ3n) is 4.73. The molecule has 4 heteroatoms. The zero-order valence-electron chi connectivity index (χ0n) is 12.6. The Morgan fingerprint density at radius 3 is 2.62 bits per heavy atom. The highest BCUT2D eigenvalue weighted by atomic mass is 16.4. The van der Waals surface area contributed by atoms with Crippen LogP contribution in [0.3, 0.4) is 0 Å². The summed E-state index contributed by atoms with van der Waals surface area (Å²) in [5, 5.41) is 20.4. The Morgan fingerprint density at radius 1 is 1.29 bits per heavy atom. The molecule has 0 amide bonds. The lowest BCUT2D eigenvalue weighted by Gasteiger charge is -2.13. The van der Waals surface area contributed by atoms with Gasteiger partial charge in [-0.1, -0.05) is 20.8 Å². The van der Waals surface area contributed by atoms with Crippen LogP contribution in [0.25, 0.3) is 10.9 Å². The van der Waals surface area contributed by atoms with Crippen LogP contribution in [-0.2, 0) is 11.3 Å². The van der Waals surface area contributed by atoms with Crippen LogP contribution in [0.4, 0.5) is 0 Å². The molecule has 3 rings (SSSR count). The second-order valence-electron chi connectivity index (χ2n) is 6.37. The summed E-state index contributed by atoms with van der Waals surface area (Å²) < 4.78 is 2.17. The minimum atomic E-state index is -0.745. The molecule has 0 fully saturated rings. The first-order valence-corrected chi connectivity index (χ1v) is 7.49. The highest BCUT2D eigenvalue weighted by Crippen LogP contribution is 2.41. The second-order valence-corrected chi connectivity index (χ2v) is 6.37. The van der Waals surface area contributed by atoms with E-state index < -0.39 is 5.97 Å². The average Bonchev–Trinajstić information content (AvgIpc) is 2.96. The van der Waals surface area contributed by atoms with Crippen LogP contribution in [-0.4, -0.2) is 20.7 Å². The van der Waals surface area contributed by atoms with Crippen molar-refractivity contribution in [2.45, 2.75) is 45.6 Å². The fourth-order valence-electron chi connectivity index (χ4n) is 3.52. The molecule has 1 aromatic carbocycles. The number of carbonyl (C=O) groups is 1. The van der Waals surface area contributed by atoms with E-state index in [1.807, 2.05) is 6.07 Å². The molecule has 0 aliphatic carbocycles. The van der Waals surface area contributed by atoms with Gasteiger partial charge in [0.05, 0.1) is 11.4 Å². The third-order valence-corrected chi connectivity index (χ3v) is 4.73. The summed E-state index contributed by atoms with van der Waals surface area (Å²) in [6.45, 7) is 6.81.